The lowest BCUT2D eigenvalue weighted by Gasteiger charge is -2.59. The van der Waals surface area contributed by atoms with Crippen LogP contribution in [0.3, 0.4) is 0 Å². The van der Waals surface area contributed by atoms with Crippen molar-refractivity contribution >= 4 is 17.4 Å². The second kappa shape index (κ2) is 5.46. The zero-order valence-corrected chi connectivity index (χ0v) is 14.3. The standard InChI is InChI=1S/C19H25N5O/c20-19(14-6-12-5-13(8-14)9-15(19)7-12)11-22-18(25)23-16-1-3-24-4-2-21-17(24)10-16/h1-4,10,12-15H,5-9,11,20H2,(H2,22,23,25). The maximum Gasteiger partial charge on any atom is 0.319 e. The molecule has 4 aliphatic carbocycles. The molecule has 4 bridgehead atoms. The Morgan fingerprint density at radius 1 is 1.20 bits per heavy atom. The average molecular weight is 339 g/mol. The third-order valence-electron chi connectivity index (χ3n) is 6.87. The summed E-state index contributed by atoms with van der Waals surface area (Å²) in [5, 5.41) is 5.94. The zero-order chi connectivity index (χ0) is 17.0. The summed E-state index contributed by atoms with van der Waals surface area (Å²) >= 11 is 0. The largest absolute Gasteiger partial charge is 0.336 e. The van der Waals surface area contributed by atoms with Crippen LogP contribution in [-0.4, -0.2) is 27.5 Å². The minimum absolute atomic E-state index is 0.186. The van der Waals surface area contributed by atoms with E-state index < -0.39 is 0 Å². The van der Waals surface area contributed by atoms with Crippen molar-refractivity contribution in [3.05, 3.63) is 30.7 Å². The minimum atomic E-state index is -0.224. The van der Waals surface area contributed by atoms with Gasteiger partial charge in [0, 0.05) is 42.4 Å². The van der Waals surface area contributed by atoms with E-state index in [1.165, 1.54) is 32.1 Å². The first-order chi connectivity index (χ1) is 12.1. The number of amides is 2. The van der Waals surface area contributed by atoms with E-state index in [1.54, 1.807) is 6.20 Å². The summed E-state index contributed by atoms with van der Waals surface area (Å²) in [7, 11) is 0. The first kappa shape index (κ1) is 15.2. The topological polar surface area (TPSA) is 84.4 Å². The van der Waals surface area contributed by atoms with Crippen molar-refractivity contribution in [2.45, 2.75) is 37.6 Å². The summed E-state index contributed by atoms with van der Waals surface area (Å²) in [6, 6.07) is 3.55. The van der Waals surface area contributed by atoms with Crippen LogP contribution in [0.1, 0.15) is 32.1 Å². The van der Waals surface area contributed by atoms with Crippen molar-refractivity contribution in [2.24, 2.45) is 29.4 Å². The van der Waals surface area contributed by atoms with Crippen LogP contribution in [0.4, 0.5) is 10.5 Å². The van der Waals surface area contributed by atoms with Crippen LogP contribution in [0.2, 0.25) is 0 Å². The lowest BCUT2D eigenvalue weighted by atomic mass is 9.49. The molecule has 4 saturated carbocycles. The highest BCUT2D eigenvalue weighted by molar-refractivity contribution is 5.89. The Kier molecular flexibility index (Phi) is 3.32. The molecule has 2 amide bonds. The maximum atomic E-state index is 12.4. The monoisotopic (exact) mass is 339 g/mol. The SMILES string of the molecule is NC1(CNC(=O)Nc2ccn3ccnc3c2)C2CC3CC(C2)CC1C3. The van der Waals surface area contributed by atoms with Gasteiger partial charge in [0.15, 0.2) is 0 Å². The van der Waals surface area contributed by atoms with Crippen LogP contribution < -0.4 is 16.4 Å². The van der Waals surface area contributed by atoms with Crippen molar-refractivity contribution < 1.29 is 4.79 Å². The number of imidazole rings is 1. The average Bonchev–Trinajstić information content (AvgIpc) is 3.05. The van der Waals surface area contributed by atoms with Gasteiger partial charge >= 0.3 is 6.03 Å². The lowest BCUT2D eigenvalue weighted by Crippen LogP contribution is -2.67. The fraction of sp³-hybridized carbons (Fsp3) is 0.579. The van der Waals surface area contributed by atoms with Crippen LogP contribution in [0.25, 0.3) is 5.65 Å². The number of fused-ring (bicyclic) bond motifs is 1. The van der Waals surface area contributed by atoms with Gasteiger partial charge in [0.1, 0.15) is 5.65 Å². The highest BCUT2D eigenvalue weighted by Gasteiger charge is 2.55. The van der Waals surface area contributed by atoms with E-state index in [0.717, 1.165) is 23.2 Å². The Labute approximate surface area is 147 Å². The van der Waals surface area contributed by atoms with Crippen LogP contribution in [0, 0.1) is 23.7 Å². The molecule has 0 saturated heterocycles. The molecule has 0 spiro atoms. The summed E-state index contributed by atoms with van der Waals surface area (Å²) in [6.07, 6.45) is 11.9. The van der Waals surface area contributed by atoms with Gasteiger partial charge < -0.3 is 20.8 Å². The van der Waals surface area contributed by atoms with Gasteiger partial charge in [0.2, 0.25) is 0 Å². The Hall–Kier alpha value is -2.08. The molecular formula is C19H25N5O. The molecule has 4 fully saturated rings. The number of nitrogens with one attached hydrogen (secondary N) is 2. The Bertz CT molecular complexity index is 785. The molecule has 4 aliphatic rings. The number of hydrogen-bond donors (Lipinski definition) is 3. The Morgan fingerprint density at radius 3 is 2.64 bits per heavy atom. The molecule has 0 radical (unpaired) electrons. The highest BCUT2D eigenvalue weighted by atomic mass is 16.2. The molecule has 25 heavy (non-hydrogen) atoms. The number of anilines is 1. The summed E-state index contributed by atoms with van der Waals surface area (Å²) < 4.78 is 1.91. The predicted octanol–water partition coefficient (Wildman–Crippen LogP) is 2.61. The van der Waals surface area contributed by atoms with Crippen molar-refractivity contribution in [3.8, 4) is 0 Å². The Balaban J connectivity index is 1.24. The van der Waals surface area contributed by atoms with Gasteiger partial charge in [-0.05, 0) is 61.8 Å². The van der Waals surface area contributed by atoms with Crippen molar-refractivity contribution in [3.63, 3.8) is 0 Å². The number of nitrogens with two attached hydrogens (primary N) is 1. The quantitative estimate of drug-likeness (QED) is 0.803. The summed E-state index contributed by atoms with van der Waals surface area (Å²) in [6.45, 7) is 0.569. The number of carbonyl (C=O) groups excluding carboxylic acids is 1. The van der Waals surface area contributed by atoms with E-state index in [2.05, 4.69) is 15.6 Å². The highest BCUT2D eigenvalue weighted by Crippen LogP contribution is 2.57. The predicted molar refractivity (Wildman–Crippen MR) is 96.2 cm³/mol. The summed E-state index contributed by atoms with van der Waals surface area (Å²) in [5.74, 6) is 2.92. The normalized spacial score (nSPS) is 35.9. The molecule has 2 heterocycles. The number of aromatic nitrogens is 2. The first-order valence-electron chi connectivity index (χ1n) is 9.36. The fourth-order valence-corrected chi connectivity index (χ4v) is 5.75. The van der Waals surface area contributed by atoms with Gasteiger partial charge in [0.05, 0.1) is 0 Å². The molecule has 6 heteroatoms. The molecule has 2 aromatic heterocycles. The molecule has 0 unspecified atom stereocenters. The third kappa shape index (κ3) is 2.51. The van der Waals surface area contributed by atoms with Gasteiger partial charge in [-0.15, -0.1) is 0 Å². The molecule has 132 valence electrons. The molecule has 0 atom stereocenters. The van der Waals surface area contributed by atoms with Gasteiger partial charge in [-0.25, -0.2) is 9.78 Å². The van der Waals surface area contributed by atoms with E-state index in [1.807, 2.05) is 28.9 Å². The van der Waals surface area contributed by atoms with E-state index in [0.29, 0.717) is 18.4 Å². The number of rotatable bonds is 3. The van der Waals surface area contributed by atoms with Crippen molar-refractivity contribution in [1.82, 2.24) is 14.7 Å². The molecule has 2 aromatic rings. The molecule has 6 rings (SSSR count). The Morgan fingerprint density at radius 2 is 1.92 bits per heavy atom. The van der Waals surface area contributed by atoms with Crippen molar-refractivity contribution in [2.75, 3.05) is 11.9 Å². The summed E-state index contributed by atoms with van der Waals surface area (Å²) in [4.78, 5) is 16.6. The van der Waals surface area contributed by atoms with Crippen LogP contribution in [-0.2, 0) is 0 Å². The van der Waals surface area contributed by atoms with Crippen LogP contribution in [0.5, 0.6) is 0 Å². The molecule has 4 N–H and O–H groups in total. The number of nitrogens with zero attached hydrogens (tertiary/aromatic N) is 2. The van der Waals surface area contributed by atoms with Gasteiger partial charge in [-0.1, -0.05) is 0 Å². The first-order valence-corrected chi connectivity index (χ1v) is 9.36. The lowest BCUT2D eigenvalue weighted by molar-refractivity contribution is -0.0528. The maximum absolute atomic E-state index is 12.4. The van der Waals surface area contributed by atoms with Gasteiger partial charge in [-0.3, -0.25) is 0 Å². The van der Waals surface area contributed by atoms with E-state index >= 15 is 0 Å². The van der Waals surface area contributed by atoms with Gasteiger partial charge in [-0.2, -0.15) is 0 Å². The van der Waals surface area contributed by atoms with E-state index in [-0.39, 0.29) is 11.6 Å². The number of pyridine rings is 1. The van der Waals surface area contributed by atoms with E-state index in [4.69, 9.17) is 5.73 Å². The fourth-order valence-electron chi connectivity index (χ4n) is 5.75. The number of carbonyl (C=O) groups is 1. The smallest absolute Gasteiger partial charge is 0.319 e. The number of hydrogen-bond acceptors (Lipinski definition) is 3. The summed E-state index contributed by atoms with van der Waals surface area (Å²) in [5.41, 5.74) is 8.17. The van der Waals surface area contributed by atoms with Crippen LogP contribution in [0.15, 0.2) is 30.7 Å². The molecular weight excluding hydrogens is 314 g/mol. The van der Waals surface area contributed by atoms with Crippen LogP contribution >= 0.6 is 0 Å². The molecule has 6 nitrogen and oxygen atoms in total. The molecule has 0 aromatic carbocycles. The minimum Gasteiger partial charge on any atom is -0.336 e. The molecule has 0 aliphatic heterocycles. The second-order valence-electron chi connectivity index (χ2n) is 8.33. The number of urea groups is 1. The van der Waals surface area contributed by atoms with E-state index in [9.17, 15) is 4.79 Å². The zero-order valence-electron chi connectivity index (χ0n) is 14.3. The van der Waals surface area contributed by atoms with Gasteiger partial charge in [0.25, 0.3) is 0 Å². The second-order valence-corrected chi connectivity index (χ2v) is 8.33. The third-order valence-corrected chi connectivity index (χ3v) is 6.87. The van der Waals surface area contributed by atoms with Crippen molar-refractivity contribution in [1.29, 1.82) is 0 Å².